The maximum atomic E-state index is 13.6. The van der Waals surface area contributed by atoms with E-state index in [0.717, 1.165) is 36.6 Å². The number of fused-ring (bicyclic) bond motifs is 3. The van der Waals surface area contributed by atoms with Gasteiger partial charge in [0, 0.05) is 9.90 Å². The molecule has 0 bridgehead atoms. The molecule has 0 radical (unpaired) electrons. The number of carbonyl (C=O) groups excluding carboxylic acids is 1. The van der Waals surface area contributed by atoms with Crippen LogP contribution >= 0.6 is 34.7 Å². The summed E-state index contributed by atoms with van der Waals surface area (Å²) in [6.07, 6.45) is 4.34. The van der Waals surface area contributed by atoms with Gasteiger partial charge in [0.2, 0.25) is 0 Å². The van der Waals surface area contributed by atoms with E-state index in [9.17, 15) is 14.7 Å². The number of methoxy groups -OCH3 is 1. The smallest absolute Gasteiger partial charge is 0.267 e. The van der Waals surface area contributed by atoms with Crippen molar-refractivity contribution >= 4 is 57.0 Å². The van der Waals surface area contributed by atoms with Gasteiger partial charge in [-0.15, -0.1) is 11.3 Å². The van der Waals surface area contributed by atoms with Crippen molar-refractivity contribution in [3.05, 3.63) is 73.8 Å². The first-order chi connectivity index (χ1) is 17.4. The third-order valence-corrected chi connectivity index (χ3v) is 8.11. The molecule has 11 heteroatoms. The summed E-state index contributed by atoms with van der Waals surface area (Å²) in [5.74, 6) is -0.0238. The number of hydrazone groups is 1. The van der Waals surface area contributed by atoms with Crippen LogP contribution < -0.4 is 15.7 Å². The number of thioether (sulfide) groups is 1. The van der Waals surface area contributed by atoms with Crippen molar-refractivity contribution in [2.24, 2.45) is 5.10 Å². The Labute approximate surface area is 219 Å². The van der Waals surface area contributed by atoms with Gasteiger partial charge in [-0.3, -0.25) is 14.2 Å². The zero-order chi connectivity index (χ0) is 25.2. The van der Waals surface area contributed by atoms with Crippen molar-refractivity contribution in [1.29, 1.82) is 0 Å². The van der Waals surface area contributed by atoms with Crippen molar-refractivity contribution in [3.8, 4) is 17.2 Å². The van der Waals surface area contributed by atoms with E-state index in [-0.39, 0.29) is 23.0 Å². The molecule has 5 rings (SSSR count). The number of benzene rings is 2. The molecule has 0 atom stereocenters. The number of thiophene rings is 1. The van der Waals surface area contributed by atoms with Crippen LogP contribution in [0, 0.1) is 0 Å². The lowest BCUT2D eigenvalue weighted by Gasteiger charge is -2.12. The monoisotopic (exact) mass is 540 g/mol. The van der Waals surface area contributed by atoms with Crippen LogP contribution in [0.5, 0.6) is 11.5 Å². The molecule has 2 aromatic carbocycles. The quantitative estimate of drug-likeness (QED) is 0.154. The highest BCUT2D eigenvalue weighted by Crippen LogP contribution is 2.36. The van der Waals surface area contributed by atoms with Gasteiger partial charge < -0.3 is 9.84 Å². The normalized spacial score (nSPS) is 12.8. The third kappa shape index (κ3) is 4.84. The number of aromatic hydroxyl groups is 1. The van der Waals surface area contributed by atoms with E-state index in [2.05, 4.69) is 10.5 Å². The zero-order valence-electron chi connectivity index (χ0n) is 19.2. The highest BCUT2D eigenvalue weighted by atomic mass is 35.5. The molecule has 0 spiro atoms. The van der Waals surface area contributed by atoms with E-state index >= 15 is 0 Å². The van der Waals surface area contributed by atoms with Crippen molar-refractivity contribution in [1.82, 2.24) is 15.0 Å². The molecule has 2 N–H and O–H groups in total. The fourth-order valence-electron chi connectivity index (χ4n) is 4.06. The SMILES string of the molecule is COc1cc(/C=N/NC(=O)CSc2nc3sc4c(c3c(=O)n2-c2ccc(Cl)cc2)CCC4)ccc1O. The van der Waals surface area contributed by atoms with Crippen molar-refractivity contribution in [3.63, 3.8) is 0 Å². The Balaban J connectivity index is 1.38. The Kier molecular flexibility index (Phi) is 6.99. The van der Waals surface area contributed by atoms with Gasteiger partial charge in [0.1, 0.15) is 4.83 Å². The second-order valence-corrected chi connectivity index (χ2v) is 10.5. The highest BCUT2D eigenvalue weighted by Gasteiger charge is 2.24. The predicted molar refractivity (Wildman–Crippen MR) is 143 cm³/mol. The molecule has 0 saturated carbocycles. The fraction of sp³-hybridized carbons (Fsp3) is 0.200. The number of phenolic OH excluding ortho intramolecular Hbond substituents is 1. The topological polar surface area (TPSA) is 106 Å². The molecule has 1 aliphatic rings. The number of rotatable bonds is 7. The van der Waals surface area contributed by atoms with E-state index in [1.807, 2.05) is 0 Å². The molecule has 0 unspecified atom stereocenters. The molecule has 8 nitrogen and oxygen atoms in total. The predicted octanol–water partition coefficient (Wildman–Crippen LogP) is 4.55. The first-order valence-electron chi connectivity index (χ1n) is 11.1. The van der Waals surface area contributed by atoms with E-state index in [1.165, 1.54) is 24.3 Å². The Bertz CT molecular complexity index is 1550. The molecule has 184 valence electrons. The standard InChI is InChI=1S/C25H21ClN4O4S2/c1-34-19-11-14(5-10-18(19)31)12-27-29-21(32)13-35-25-28-23-22(17-3-2-4-20(17)36-23)24(33)30(25)16-8-6-15(26)7-9-16/h5-12,31H,2-4,13H2,1H3,(H,29,32)/b27-12+. The minimum absolute atomic E-state index is 0.00681. The van der Waals surface area contributed by atoms with Crippen molar-refractivity contribution in [2.75, 3.05) is 12.9 Å². The first kappa shape index (κ1) is 24.4. The number of aromatic nitrogens is 2. The number of nitrogens with one attached hydrogen (secondary N) is 1. The average Bonchev–Trinajstić information content (AvgIpc) is 3.46. The van der Waals surface area contributed by atoms with Crippen molar-refractivity contribution < 1.29 is 14.6 Å². The number of amides is 1. The molecule has 0 saturated heterocycles. The molecular weight excluding hydrogens is 520 g/mol. The Morgan fingerprint density at radius 2 is 2.11 bits per heavy atom. The Morgan fingerprint density at radius 3 is 2.89 bits per heavy atom. The van der Waals surface area contributed by atoms with Gasteiger partial charge in [-0.05, 0) is 72.9 Å². The number of hydrogen-bond acceptors (Lipinski definition) is 8. The van der Waals surface area contributed by atoms with Crippen LogP contribution in [-0.2, 0) is 17.6 Å². The summed E-state index contributed by atoms with van der Waals surface area (Å²) in [4.78, 5) is 32.8. The number of hydrogen-bond donors (Lipinski definition) is 2. The fourth-order valence-corrected chi connectivity index (χ4v) is 6.29. The van der Waals surface area contributed by atoms with Gasteiger partial charge in [-0.2, -0.15) is 5.10 Å². The number of phenols is 1. The molecule has 36 heavy (non-hydrogen) atoms. The average molecular weight is 541 g/mol. The van der Waals surface area contributed by atoms with Gasteiger partial charge in [-0.1, -0.05) is 23.4 Å². The lowest BCUT2D eigenvalue weighted by molar-refractivity contribution is -0.118. The molecule has 2 heterocycles. The van der Waals surface area contributed by atoms with Gasteiger partial charge in [0.15, 0.2) is 16.7 Å². The van der Waals surface area contributed by atoms with E-state index < -0.39 is 0 Å². The van der Waals surface area contributed by atoms with Crippen LogP contribution in [-0.4, -0.2) is 39.6 Å². The van der Waals surface area contributed by atoms with E-state index in [4.69, 9.17) is 21.3 Å². The van der Waals surface area contributed by atoms with E-state index in [0.29, 0.717) is 37.4 Å². The number of halogens is 1. The molecule has 2 aromatic heterocycles. The third-order valence-electron chi connectivity index (χ3n) is 5.73. The molecule has 4 aromatic rings. The Morgan fingerprint density at radius 1 is 1.31 bits per heavy atom. The summed E-state index contributed by atoms with van der Waals surface area (Å²) in [5, 5.41) is 15.3. The molecular formula is C25H21ClN4O4S2. The second-order valence-electron chi connectivity index (χ2n) is 8.06. The summed E-state index contributed by atoms with van der Waals surface area (Å²) in [6.45, 7) is 0. The van der Waals surface area contributed by atoms with Crippen LogP contribution in [0.25, 0.3) is 15.9 Å². The van der Waals surface area contributed by atoms with Crippen LogP contribution in [0.2, 0.25) is 5.02 Å². The van der Waals surface area contributed by atoms with Gasteiger partial charge in [0.05, 0.1) is 30.2 Å². The van der Waals surface area contributed by atoms with Crippen LogP contribution in [0.3, 0.4) is 0 Å². The van der Waals surface area contributed by atoms with Crippen LogP contribution in [0.15, 0.2) is 57.5 Å². The summed E-state index contributed by atoms with van der Waals surface area (Å²) in [6, 6.07) is 11.7. The lowest BCUT2D eigenvalue weighted by Crippen LogP contribution is -2.24. The summed E-state index contributed by atoms with van der Waals surface area (Å²) < 4.78 is 6.62. The van der Waals surface area contributed by atoms with Gasteiger partial charge >= 0.3 is 0 Å². The van der Waals surface area contributed by atoms with Crippen LogP contribution in [0.4, 0.5) is 0 Å². The minimum atomic E-state index is -0.354. The maximum Gasteiger partial charge on any atom is 0.267 e. The number of carbonyl (C=O) groups is 1. The lowest BCUT2D eigenvalue weighted by atomic mass is 10.2. The minimum Gasteiger partial charge on any atom is -0.504 e. The maximum absolute atomic E-state index is 13.6. The van der Waals surface area contributed by atoms with Crippen LogP contribution in [0.1, 0.15) is 22.4 Å². The summed E-state index contributed by atoms with van der Waals surface area (Å²) in [7, 11) is 1.45. The van der Waals surface area contributed by atoms with E-state index in [1.54, 1.807) is 52.3 Å². The largest absolute Gasteiger partial charge is 0.504 e. The highest BCUT2D eigenvalue weighted by molar-refractivity contribution is 7.99. The number of aryl methyl sites for hydroxylation is 2. The van der Waals surface area contributed by atoms with Gasteiger partial charge in [0.25, 0.3) is 11.5 Å². The molecule has 1 amide bonds. The molecule has 0 aliphatic heterocycles. The van der Waals surface area contributed by atoms with Crippen molar-refractivity contribution in [2.45, 2.75) is 24.4 Å². The molecule has 1 aliphatic carbocycles. The number of nitrogens with zero attached hydrogens (tertiary/aromatic N) is 3. The zero-order valence-corrected chi connectivity index (χ0v) is 21.5. The number of ether oxygens (including phenoxy) is 1. The molecule has 0 fully saturated rings. The first-order valence-corrected chi connectivity index (χ1v) is 13.3. The second kappa shape index (κ2) is 10.3. The van der Waals surface area contributed by atoms with Gasteiger partial charge in [-0.25, -0.2) is 10.4 Å². The summed E-state index contributed by atoms with van der Waals surface area (Å²) >= 11 is 8.79. The summed E-state index contributed by atoms with van der Waals surface area (Å²) in [5.41, 5.74) is 4.73. The Hall–Kier alpha value is -3.34.